The molecule has 0 aliphatic carbocycles. The number of primary amides is 1. The van der Waals surface area contributed by atoms with Gasteiger partial charge in [0.1, 0.15) is 5.75 Å². The maximum atomic E-state index is 12.3. The van der Waals surface area contributed by atoms with Gasteiger partial charge in [0, 0.05) is 18.2 Å². The zero-order valence-corrected chi connectivity index (χ0v) is 17.9. The highest BCUT2D eigenvalue weighted by atomic mass is 16.5. The van der Waals surface area contributed by atoms with Gasteiger partial charge in [0.2, 0.25) is 0 Å². The van der Waals surface area contributed by atoms with E-state index in [-0.39, 0.29) is 12.3 Å². The molecule has 1 atom stereocenters. The van der Waals surface area contributed by atoms with Gasteiger partial charge in [0.15, 0.2) is 6.10 Å². The lowest BCUT2D eigenvalue weighted by Gasteiger charge is -2.19. The Balaban J connectivity index is 2.10. The minimum Gasteiger partial charge on any atom is -0.497 e. The highest BCUT2D eigenvalue weighted by molar-refractivity contribution is 5.96. The van der Waals surface area contributed by atoms with Crippen LogP contribution in [0.2, 0.25) is 0 Å². The zero-order valence-electron chi connectivity index (χ0n) is 17.9. The quantitative estimate of drug-likeness (QED) is 0.636. The SMILES string of the molecule is COc1cccc(-n2nc(C)c(CCC(=O)O[C@@H](C(=O)NC(N)=O)C(C)C)c2C)c1. The molecule has 1 aromatic carbocycles. The summed E-state index contributed by atoms with van der Waals surface area (Å²) in [4.78, 5) is 35.3. The number of nitrogens with zero attached hydrogens (tertiary/aromatic N) is 2. The number of nitrogens with one attached hydrogen (secondary N) is 1. The molecule has 2 aromatic rings. The second kappa shape index (κ2) is 9.91. The van der Waals surface area contributed by atoms with Gasteiger partial charge in [-0.25, -0.2) is 9.48 Å². The zero-order chi connectivity index (χ0) is 22.4. The van der Waals surface area contributed by atoms with E-state index >= 15 is 0 Å². The van der Waals surface area contributed by atoms with Crippen LogP contribution in [0.3, 0.4) is 0 Å². The van der Waals surface area contributed by atoms with Crippen molar-refractivity contribution in [3.63, 3.8) is 0 Å². The Bertz CT molecular complexity index is 935. The number of ether oxygens (including phenoxy) is 2. The molecule has 162 valence electrons. The van der Waals surface area contributed by atoms with E-state index in [1.807, 2.05) is 43.4 Å². The Hall–Kier alpha value is -3.36. The van der Waals surface area contributed by atoms with E-state index < -0.39 is 24.0 Å². The molecular formula is C21H28N4O5. The molecule has 3 amide bonds. The Morgan fingerprint density at radius 2 is 1.93 bits per heavy atom. The average Bonchev–Trinajstić information content (AvgIpc) is 2.97. The van der Waals surface area contributed by atoms with Crippen LogP contribution in [0.1, 0.15) is 37.2 Å². The summed E-state index contributed by atoms with van der Waals surface area (Å²) in [6, 6.07) is 6.54. The van der Waals surface area contributed by atoms with Crippen molar-refractivity contribution < 1.29 is 23.9 Å². The number of hydrogen-bond donors (Lipinski definition) is 2. The monoisotopic (exact) mass is 416 g/mol. The Morgan fingerprint density at radius 3 is 2.53 bits per heavy atom. The van der Waals surface area contributed by atoms with Gasteiger partial charge in [0.25, 0.3) is 5.91 Å². The predicted octanol–water partition coefficient (Wildman–Crippen LogP) is 2.19. The summed E-state index contributed by atoms with van der Waals surface area (Å²) in [5.41, 5.74) is 8.46. The number of methoxy groups -OCH3 is 1. The van der Waals surface area contributed by atoms with E-state index in [1.165, 1.54) is 0 Å². The molecule has 3 N–H and O–H groups in total. The third kappa shape index (κ3) is 5.59. The van der Waals surface area contributed by atoms with Crippen LogP contribution in [0, 0.1) is 19.8 Å². The number of benzene rings is 1. The number of aromatic nitrogens is 2. The topological polar surface area (TPSA) is 126 Å². The van der Waals surface area contributed by atoms with Crippen LogP contribution in [-0.2, 0) is 20.7 Å². The van der Waals surface area contributed by atoms with Crippen LogP contribution in [0.15, 0.2) is 24.3 Å². The number of imide groups is 1. The van der Waals surface area contributed by atoms with Crippen LogP contribution in [-0.4, -0.2) is 40.9 Å². The molecule has 0 fully saturated rings. The van der Waals surface area contributed by atoms with E-state index in [1.54, 1.807) is 25.6 Å². The van der Waals surface area contributed by atoms with Crippen molar-refractivity contribution in [2.45, 2.75) is 46.6 Å². The summed E-state index contributed by atoms with van der Waals surface area (Å²) in [5.74, 6) is -0.864. The summed E-state index contributed by atoms with van der Waals surface area (Å²) >= 11 is 0. The molecule has 2 rings (SSSR count). The Labute approximate surface area is 175 Å². The van der Waals surface area contributed by atoms with Gasteiger partial charge >= 0.3 is 12.0 Å². The van der Waals surface area contributed by atoms with Gasteiger partial charge in [-0.3, -0.25) is 14.9 Å². The number of rotatable bonds is 8. The number of hydrogen-bond acceptors (Lipinski definition) is 6. The van der Waals surface area contributed by atoms with Gasteiger partial charge < -0.3 is 15.2 Å². The van der Waals surface area contributed by atoms with Crippen molar-refractivity contribution in [1.82, 2.24) is 15.1 Å². The fourth-order valence-electron chi connectivity index (χ4n) is 3.14. The lowest BCUT2D eigenvalue weighted by Crippen LogP contribution is -2.45. The molecule has 0 saturated carbocycles. The number of carbonyl (C=O) groups is 3. The van der Waals surface area contributed by atoms with E-state index in [9.17, 15) is 14.4 Å². The first-order chi connectivity index (χ1) is 14.1. The van der Waals surface area contributed by atoms with Crippen LogP contribution in [0.4, 0.5) is 4.79 Å². The van der Waals surface area contributed by atoms with Crippen molar-refractivity contribution >= 4 is 17.9 Å². The minimum atomic E-state index is -1.09. The minimum absolute atomic E-state index is 0.0680. The molecule has 1 aromatic heterocycles. The number of urea groups is 1. The molecule has 9 nitrogen and oxygen atoms in total. The van der Waals surface area contributed by atoms with Gasteiger partial charge in [-0.1, -0.05) is 19.9 Å². The number of esters is 1. The summed E-state index contributed by atoms with van der Waals surface area (Å²) < 4.78 is 12.4. The third-order valence-electron chi connectivity index (χ3n) is 4.69. The van der Waals surface area contributed by atoms with Crippen molar-refractivity contribution in [2.75, 3.05) is 7.11 Å². The number of nitrogens with two attached hydrogens (primary N) is 1. The van der Waals surface area contributed by atoms with Gasteiger partial charge in [-0.15, -0.1) is 0 Å². The van der Waals surface area contributed by atoms with Crippen LogP contribution in [0.5, 0.6) is 5.75 Å². The first kappa shape index (κ1) is 22.9. The van der Waals surface area contributed by atoms with Gasteiger partial charge in [-0.05, 0) is 43.9 Å². The van der Waals surface area contributed by atoms with Crippen molar-refractivity contribution in [3.05, 3.63) is 41.2 Å². The molecular weight excluding hydrogens is 388 g/mol. The smallest absolute Gasteiger partial charge is 0.318 e. The number of carbonyl (C=O) groups excluding carboxylic acids is 3. The van der Waals surface area contributed by atoms with Gasteiger partial charge in [-0.2, -0.15) is 5.10 Å². The molecule has 0 unspecified atom stereocenters. The highest BCUT2D eigenvalue weighted by Crippen LogP contribution is 2.22. The number of amides is 3. The van der Waals surface area contributed by atoms with Crippen LogP contribution in [0.25, 0.3) is 5.69 Å². The molecule has 0 spiro atoms. The van der Waals surface area contributed by atoms with Gasteiger partial charge in [0.05, 0.1) is 18.5 Å². The first-order valence-electron chi connectivity index (χ1n) is 9.63. The third-order valence-corrected chi connectivity index (χ3v) is 4.69. The standard InChI is InChI=1S/C21H28N4O5/c1-12(2)19(20(27)23-21(22)28)30-18(26)10-9-17-13(3)24-25(14(17)4)15-7-6-8-16(11-15)29-5/h6-8,11-12,19H,9-10H2,1-5H3,(H3,22,23,27,28)/t19-/m1/s1. The molecule has 0 bridgehead atoms. The van der Waals surface area contributed by atoms with E-state index in [0.29, 0.717) is 6.42 Å². The van der Waals surface area contributed by atoms with Crippen molar-refractivity contribution in [3.8, 4) is 11.4 Å². The Kier molecular flexibility index (Phi) is 7.57. The summed E-state index contributed by atoms with van der Waals surface area (Å²) in [6.07, 6.45) is -0.618. The molecule has 1 heterocycles. The largest absolute Gasteiger partial charge is 0.497 e. The normalized spacial score (nSPS) is 11.8. The van der Waals surface area contributed by atoms with E-state index in [0.717, 1.165) is 28.4 Å². The van der Waals surface area contributed by atoms with Crippen molar-refractivity contribution in [1.29, 1.82) is 0 Å². The summed E-state index contributed by atoms with van der Waals surface area (Å²) in [7, 11) is 1.60. The first-order valence-corrected chi connectivity index (χ1v) is 9.63. The van der Waals surface area contributed by atoms with Crippen molar-refractivity contribution in [2.24, 2.45) is 11.7 Å². The molecule has 0 aliphatic rings. The molecule has 9 heteroatoms. The van der Waals surface area contributed by atoms with E-state index in [2.05, 4.69) is 5.10 Å². The molecule has 0 aliphatic heterocycles. The molecule has 0 saturated heterocycles. The maximum Gasteiger partial charge on any atom is 0.318 e. The highest BCUT2D eigenvalue weighted by Gasteiger charge is 2.27. The molecule has 30 heavy (non-hydrogen) atoms. The Morgan fingerprint density at radius 1 is 1.23 bits per heavy atom. The average molecular weight is 416 g/mol. The van der Waals surface area contributed by atoms with Crippen LogP contribution >= 0.6 is 0 Å². The predicted molar refractivity (Wildman–Crippen MR) is 110 cm³/mol. The fraction of sp³-hybridized carbons (Fsp3) is 0.429. The summed E-state index contributed by atoms with van der Waals surface area (Å²) in [5, 5.41) is 6.53. The number of aryl methyl sites for hydroxylation is 1. The van der Waals surface area contributed by atoms with E-state index in [4.69, 9.17) is 15.2 Å². The lowest BCUT2D eigenvalue weighted by atomic mass is 10.1. The fourth-order valence-corrected chi connectivity index (χ4v) is 3.14. The lowest BCUT2D eigenvalue weighted by molar-refractivity contribution is -0.158. The molecule has 0 radical (unpaired) electrons. The summed E-state index contributed by atoms with van der Waals surface area (Å²) in [6.45, 7) is 7.23. The second-order valence-electron chi connectivity index (χ2n) is 7.27. The van der Waals surface area contributed by atoms with Crippen LogP contribution < -0.4 is 15.8 Å². The maximum absolute atomic E-state index is 12.3. The second-order valence-corrected chi connectivity index (χ2v) is 7.27.